The summed E-state index contributed by atoms with van der Waals surface area (Å²) in [5.74, 6) is -0.273. The van der Waals surface area contributed by atoms with Gasteiger partial charge in [-0.3, -0.25) is 4.79 Å². The predicted molar refractivity (Wildman–Crippen MR) is 115 cm³/mol. The van der Waals surface area contributed by atoms with E-state index in [0.717, 1.165) is 51.4 Å². The molecule has 8 heteroatoms. The number of rotatable bonds is 3. The summed E-state index contributed by atoms with van der Waals surface area (Å²) >= 11 is 0. The second-order valence-corrected chi connectivity index (χ2v) is 10.5. The standard InChI is InChI=1S/C25H32F4N2O2/c1-3-15-13-33-7-5-21(15)30-18-4-6-24(11-18)14(2)22-10-19-16(12-31(22)23(24)32)8-17(9-20(19)26)25(27,28)29/h8-9,14-15,18,21-22,30H,3-7,10-13H2,1-2H3/t14?,15?,18-,21?,22?,24+/m1/s1. The number of carbonyl (C=O) groups excluding carboxylic acids is 1. The Kier molecular flexibility index (Phi) is 5.75. The van der Waals surface area contributed by atoms with Crippen molar-refractivity contribution in [3.05, 3.63) is 34.6 Å². The van der Waals surface area contributed by atoms with Crippen LogP contribution in [0.25, 0.3) is 0 Å². The summed E-state index contributed by atoms with van der Waals surface area (Å²) in [7, 11) is 0. The number of hydrogen-bond donors (Lipinski definition) is 1. The molecule has 182 valence electrons. The number of nitrogens with one attached hydrogen (secondary N) is 1. The monoisotopic (exact) mass is 468 g/mol. The molecule has 5 rings (SSSR count). The number of fused-ring (bicyclic) bond motifs is 2. The summed E-state index contributed by atoms with van der Waals surface area (Å²) in [6.07, 6.45) is 0.0978. The summed E-state index contributed by atoms with van der Waals surface area (Å²) in [6, 6.07) is 2.08. The minimum absolute atomic E-state index is 0.0308. The fraction of sp³-hybridized carbons (Fsp3) is 0.720. The molecular formula is C25H32F4N2O2. The largest absolute Gasteiger partial charge is 0.416 e. The fourth-order valence-corrected chi connectivity index (χ4v) is 6.91. The van der Waals surface area contributed by atoms with Crippen LogP contribution in [0, 0.1) is 23.1 Å². The van der Waals surface area contributed by atoms with Crippen LogP contribution in [0.4, 0.5) is 17.6 Å². The van der Waals surface area contributed by atoms with Gasteiger partial charge in [-0.1, -0.05) is 13.8 Å². The third-order valence-electron chi connectivity index (χ3n) is 8.90. The number of amides is 1. The van der Waals surface area contributed by atoms with Gasteiger partial charge in [-0.05, 0) is 73.6 Å². The Morgan fingerprint density at radius 3 is 2.79 bits per heavy atom. The van der Waals surface area contributed by atoms with Gasteiger partial charge < -0.3 is 15.0 Å². The molecule has 0 aromatic heterocycles. The first-order chi connectivity index (χ1) is 15.6. The van der Waals surface area contributed by atoms with E-state index < -0.39 is 23.0 Å². The summed E-state index contributed by atoms with van der Waals surface area (Å²) in [5.41, 5.74) is -0.877. The van der Waals surface area contributed by atoms with Crippen LogP contribution in [0.5, 0.6) is 0 Å². The van der Waals surface area contributed by atoms with Gasteiger partial charge in [0, 0.05) is 31.3 Å². The maximum atomic E-state index is 14.7. The lowest BCUT2D eigenvalue weighted by Gasteiger charge is -2.34. The number of halogens is 4. The molecule has 0 bridgehead atoms. The Balaban J connectivity index is 1.35. The molecule has 1 aromatic carbocycles. The first-order valence-electron chi connectivity index (χ1n) is 12.2. The van der Waals surface area contributed by atoms with Gasteiger partial charge in [0.05, 0.1) is 17.6 Å². The number of alkyl halides is 3. The summed E-state index contributed by atoms with van der Waals surface area (Å²) in [4.78, 5) is 15.4. The van der Waals surface area contributed by atoms with Crippen LogP contribution in [-0.4, -0.2) is 42.1 Å². The Hall–Kier alpha value is -1.67. The lowest BCUT2D eigenvalue weighted by molar-refractivity contribution is -0.138. The zero-order valence-electron chi connectivity index (χ0n) is 19.2. The molecule has 1 aromatic rings. The third kappa shape index (κ3) is 3.77. The Morgan fingerprint density at radius 1 is 1.27 bits per heavy atom. The van der Waals surface area contributed by atoms with Gasteiger partial charge in [0.25, 0.3) is 0 Å². The molecule has 0 radical (unpaired) electrons. The first-order valence-corrected chi connectivity index (χ1v) is 12.2. The van der Waals surface area contributed by atoms with Crippen molar-refractivity contribution in [1.82, 2.24) is 10.2 Å². The van der Waals surface area contributed by atoms with Crippen molar-refractivity contribution in [1.29, 1.82) is 0 Å². The molecule has 33 heavy (non-hydrogen) atoms. The van der Waals surface area contributed by atoms with E-state index in [1.54, 1.807) is 4.90 Å². The highest BCUT2D eigenvalue weighted by atomic mass is 19.4. The molecule has 3 aliphatic heterocycles. The topological polar surface area (TPSA) is 41.6 Å². The molecular weight excluding hydrogens is 436 g/mol. The van der Waals surface area contributed by atoms with E-state index in [2.05, 4.69) is 19.2 Å². The van der Waals surface area contributed by atoms with Crippen molar-refractivity contribution >= 4 is 5.91 Å². The highest BCUT2D eigenvalue weighted by molar-refractivity contribution is 5.87. The van der Waals surface area contributed by atoms with E-state index in [-0.39, 0.29) is 42.4 Å². The average Bonchev–Trinajstić information content (AvgIpc) is 3.29. The second-order valence-electron chi connectivity index (χ2n) is 10.5. The Bertz CT molecular complexity index is 936. The fourth-order valence-electron chi connectivity index (χ4n) is 6.91. The van der Waals surface area contributed by atoms with Crippen LogP contribution in [0.15, 0.2) is 12.1 Å². The summed E-state index contributed by atoms with van der Waals surface area (Å²) in [5, 5.41) is 3.81. The van der Waals surface area contributed by atoms with Crippen LogP contribution in [0.1, 0.15) is 62.6 Å². The quantitative estimate of drug-likeness (QED) is 0.655. The van der Waals surface area contributed by atoms with Gasteiger partial charge in [-0.25, -0.2) is 4.39 Å². The van der Waals surface area contributed by atoms with Crippen LogP contribution < -0.4 is 5.32 Å². The number of benzene rings is 1. The van der Waals surface area contributed by atoms with E-state index in [1.807, 2.05) is 0 Å². The molecule has 4 nitrogen and oxygen atoms in total. The maximum absolute atomic E-state index is 14.7. The highest BCUT2D eigenvalue weighted by Gasteiger charge is 2.60. The molecule has 4 aliphatic rings. The molecule has 3 fully saturated rings. The van der Waals surface area contributed by atoms with Crippen LogP contribution in [0.2, 0.25) is 0 Å². The number of ether oxygens (including phenoxy) is 1. The highest BCUT2D eigenvalue weighted by Crippen LogP contribution is 2.55. The van der Waals surface area contributed by atoms with Crippen molar-refractivity contribution in [2.45, 2.75) is 83.2 Å². The minimum Gasteiger partial charge on any atom is -0.381 e. The van der Waals surface area contributed by atoms with E-state index >= 15 is 0 Å². The molecule has 1 aliphatic carbocycles. The molecule has 4 unspecified atom stereocenters. The van der Waals surface area contributed by atoms with Gasteiger partial charge in [0.2, 0.25) is 5.91 Å². The number of hydrogen-bond acceptors (Lipinski definition) is 3. The van der Waals surface area contributed by atoms with Crippen molar-refractivity contribution < 1.29 is 27.1 Å². The summed E-state index contributed by atoms with van der Waals surface area (Å²) in [6.45, 7) is 5.82. The average molecular weight is 469 g/mol. The molecule has 1 saturated carbocycles. The van der Waals surface area contributed by atoms with Crippen molar-refractivity contribution in [2.75, 3.05) is 13.2 Å². The Labute approximate surface area is 192 Å². The molecule has 1 spiro atoms. The third-order valence-corrected chi connectivity index (χ3v) is 8.90. The van der Waals surface area contributed by atoms with Gasteiger partial charge >= 0.3 is 6.18 Å². The van der Waals surface area contributed by atoms with Crippen molar-refractivity contribution in [2.24, 2.45) is 17.3 Å². The van der Waals surface area contributed by atoms with E-state index in [4.69, 9.17) is 4.74 Å². The normalized spacial score (nSPS) is 36.4. The molecule has 1 amide bonds. The lowest BCUT2D eigenvalue weighted by Crippen LogP contribution is -2.47. The summed E-state index contributed by atoms with van der Waals surface area (Å²) < 4.78 is 59.9. The van der Waals surface area contributed by atoms with Crippen LogP contribution in [-0.2, 0) is 28.7 Å². The van der Waals surface area contributed by atoms with Crippen molar-refractivity contribution in [3.63, 3.8) is 0 Å². The molecule has 6 atom stereocenters. The predicted octanol–water partition coefficient (Wildman–Crippen LogP) is 4.69. The number of nitrogens with zero attached hydrogens (tertiary/aromatic N) is 1. The lowest BCUT2D eigenvalue weighted by atomic mass is 9.73. The van der Waals surface area contributed by atoms with Gasteiger partial charge in [0.15, 0.2) is 0 Å². The van der Waals surface area contributed by atoms with E-state index in [9.17, 15) is 22.4 Å². The zero-order chi connectivity index (χ0) is 23.5. The number of carbonyl (C=O) groups is 1. The van der Waals surface area contributed by atoms with Gasteiger partial charge in [-0.2, -0.15) is 13.2 Å². The van der Waals surface area contributed by atoms with E-state index in [1.165, 1.54) is 0 Å². The van der Waals surface area contributed by atoms with E-state index in [0.29, 0.717) is 23.6 Å². The van der Waals surface area contributed by atoms with Crippen LogP contribution in [0.3, 0.4) is 0 Å². The van der Waals surface area contributed by atoms with Crippen LogP contribution >= 0.6 is 0 Å². The van der Waals surface area contributed by atoms with Gasteiger partial charge in [-0.15, -0.1) is 0 Å². The van der Waals surface area contributed by atoms with Crippen molar-refractivity contribution in [3.8, 4) is 0 Å². The molecule has 1 N–H and O–H groups in total. The smallest absolute Gasteiger partial charge is 0.381 e. The second kappa shape index (κ2) is 8.22. The molecule has 3 heterocycles. The minimum atomic E-state index is -4.61. The first kappa shape index (κ1) is 23.1. The Morgan fingerprint density at radius 2 is 2.06 bits per heavy atom. The zero-order valence-corrected chi connectivity index (χ0v) is 19.2. The molecule has 2 saturated heterocycles. The SMILES string of the molecule is CCC1COCCC1N[C@@H]1CC[C@@]2(C1)C(=O)N1Cc3cc(C(F)(F)F)cc(F)c3CC1C2C. The maximum Gasteiger partial charge on any atom is 0.416 e. The van der Waals surface area contributed by atoms with Gasteiger partial charge in [0.1, 0.15) is 5.82 Å².